The Hall–Kier alpha value is -2.87. The van der Waals surface area contributed by atoms with Crippen LogP contribution >= 0.6 is 12.2 Å². The highest BCUT2D eigenvalue weighted by atomic mass is 32.1. The molecule has 0 radical (unpaired) electrons. The summed E-state index contributed by atoms with van der Waals surface area (Å²) in [4.78, 5) is 14.0. The minimum Gasteiger partial charge on any atom is -0.466 e. The zero-order chi connectivity index (χ0) is 20.6. The molecular formula is C20H17F3N2O2S. The average Bonchev–Trinajstić information content (AvgIpc) is 2.65. The molecule has 0 saturated heterocycles. The lowest BCUT2D eigenvalue weighted by Crippen LogP contribution is -2.48. The van der Waals surface area contributed by atoms with Crippen molar-refractivity contribution in [3.63, 3.8) is 0 Å². The fraction of sp³-hybridized carbons (Fsp3) is 0.200. The Morgan fingerprint density at radius 1 is 1.07 bits per heavy atom. The third-order valence-electron chi connectivity index (χ3n) is 4.58. The number of halogens is 3. The highest BCUT2D eigenvalue weighted by molar-refractivity contribution is 7.80. The van der Waals surface area contributed by atoms with Crippen molar-refractivity contribution in [2.75, 3.05) is 12.0 Å². The number of methoxy groups -OCH3 is 1. The topological polar surface area (TPSA) is 41.6 Å². The van der Waals surface area contributed by atoms with Gasteiger partial charge in [0.1, 0.15) is 5.82 Å². The van der Waals surface area contributed by atoms with Crippen LogP contribution in [0, 0.1) is 24.4 Å². The van der Waals surface area contributed by atoms with Crippen LogP contribution in [0.25, 0.3) is 0 Å². The van der Waals surface area contributed by atoms with E-state index in [1.807, 2.05) is 0 Å². The molecule has 0 aromatic heterocycles. The quantitative estimate of drug-likeness (QED) is 0.608. The smallest absolute Gasteiger partial charge is 0.337 e. The molecule has 1 N–H and O–H groups in total. The molecule has 1 aliphatic heterocycles. The lowest BCUT2D eigenvalue weighted by molar-refractivity contribution is -0.136. The summed E-state index contributed by atoms with van der Waals surface area (Å²) in [5.41, 5.74) is 1.74. The Labute approximate surface area is 165 Å². The van der Waals surface area contributed by atoms with Crippen LogP contribution in [0.4, 0.5) is 18.9 Å². The molecule has 0 unspecified atom stereocenters. The number of esters is 1. The van der Waals surface area contributed by atoms with Crippen LogP contribution in [0.5, 0.6) is 0 Å². The number of anilines is 1. The third-order valence-corrected chi connectivity index (χ3v) is 4.88. The van der Waals surface area contributed by atoms with Gasteiger partial charge in [0.25, 0.3) is 0 Å². The summed E-state index contributed by atoms with van der Waals surface area (Å²) in [6.07, 6.45) is 0. The van der Waals surface area contributed by atoms with Gasteiger partial charge in [-0.05, 0) is 61.5 Å². The lowest BCUT2D eigenvalue weighted by Gasteiger charge is -2.37. The van der Waals surface area contributed by atoms with Crippen LogP contribution in [-0.4, -0.2) is 18.2 Å². The second kappa shape index (κ2) is 7.63. The Kier molecular flexibility index (Phi) is 5.42. The number of nitrogens with one attached hydrogen (secondary N) is 1. The van der Waals surface area contributed by atoms with Gasteiger partial charge in [-0.3, -0.25) is 4.90 Å². The first kappa shape index (κ1) is 19.9. The van der Waals surface area contributed by atoms with E-state index in [2.05, 4.69) is 5.32 Å². The summed E-state index contributed by atoms with van der Waals surface area (Å²) in [7, 11) is 1.22. The van der Waals surface area contributed by atoms with Crippen molar-refractivity contribution in [1.82, 2.24) is 5.32 Å². The van der Waals surface area contributed by atoms with Crippen molar-refractivity contribution in [2.45, 2.75) is 19.9 Å². The maximum Gasteiger partial charge on any atom is 0.337 e. The van der Waals surface area contributed by atoms with Crippen molar-refractivity contribution < 1.29 is 22.7 Å². The molecule has 0 amide bonds. The summed E-state index contributed by atoms with van der Waals surface area (Å²) < 4.78 is 46.0. The molecule has 0 spiro atoms. The summed E-state index contributed by atoms with van der Waals surface area (Å²) in [5, 5.41) is 3.13. The molecule has 4 nitrogen and oxygen atoms in total. The van der Waals surface area contributed by atoms with Gasteiger partial charge in [-0.1, -0.05) is 12.1 Å². The van der Waals surface area contributed by atoms with Crippen LogP contribution in [-0.2, 0) is 9.53 Å². The number of allylic oxidation sites excluding steroid dienone is 1. The van der Waals surface area contributed by atoms with E-state index in [9.17, 15) is 18.0 Å². The minimum atomic E-state index is -1.05. The Morgan fingerprint density at radius 2 is 1.79 bits per heavy atom. The molecule has 0 aliphatic carbocycles. The van der Waals surface area contributed by atoms with Gasteiger partial charge in [0.15, 0.2) is 16.7 Å². The predicted octanol–water partition coefficient (Wildman–Crippen LogP) is 4.30. The minimum absolute atomic E-state index is 0.156. The fourth-order valence-electron chi connectivity index (χ4n) is 3.09. The van der Waals surface area contributed by atoms with E-state index in [-0.39, 0.29) is 10.7 Å². The fourth-order valence-corrected chi connectivity index (χ4v) is 3.45. The molecule has 1 heterocycles. The second-order valence-corrected chi connectivity index (χ2v) is 6.70. The predicted molar refractivity (Wildman–Crippen MR) is 103 cm³/mol. The molecule has 3 rings (SSSR count). The van der Waals surface area contributed by atoms with Crippen LogP contribution in [0.15, 0.2) is 47.7 Å². The molecule has 1 atom stereocenters. The van der Waals surface area contributed by atoms with Crippen LogP contribution in [0.3, 0.4) is 0 Å². The van der Waals surface area contributed by atoms with Crippen molar-refractivity contribution in [3.8, 4) is 0 Å². The molecular weight excluding hydrogens is 389 g/mol. The number of carbonyl (C=O) groups is 1. The Morgan fingerprint density at radius 3 is 2.39 bits per heavy atom. The van der Waals surface area contributed by atoms with Crippen LogP contribution < -0.4 is 10.2 Å². The number of ether oxygens (including phenoxy) is 1. The maximum atomic E-state index is 14.1. The summed E-state index contributed by atoms with van der Waals surface area (Å²) in [6.45, 7) is 3.26. The average molecular weight is 406 g/mol. The van der Waals surface area contributed by atoms with Crippen molar-refractivity contribution in [1.29, 1.82) is 0 Å². The van der Waals surface area contributed by atoms with Gasteiger partial charge in [-0.15, -0.1) is 0 Å². The number of carbonyl (C=O) groups excluding carboxylic acids is 1. The van der Waals surface area contributed by atoms with Gasteiger partial charge >= 0.3 is 5.97 Å². The Balaban J connectivity index is 2.16. The number of aryl methyl sites for hydroxylation is 1. The first-order valence-electron chi connectivity index (χ1n) is 8.35. The van der Waals surface area contributed by atoms with Crippen molar-refractivity contribution in [2.24, 2.45) is 0 Å². The molecule has 2 aromatic carbocycles. The molecule has 0 bridgehead atoms. The zero-order valence-corrected chi connectivity index (χ0v) is 16.2. The lowest BCUT2D eigenvalue weighted by atomic mass is 9.94. The van der Waals surface area contributed by atoms with E-state index in [1.54, 1.807) is 26.0 Å². The molecule has 2 aromatic rings. The summed E-state index contributed by atoms with van der Waals surface area (Å²) >= 11 is 5.41. The third kappa shape index (κ3) is 3.47. The molecule has 0 saturated carbocycles. The largest absolute Gasteiger partial charge is 0.466 e. The monoisotopic (exact) mass is 406 g/mol. The van der Waals surface area contributed by atoms with Gasteiger partial charge in [0.2, 0.25) is 0 Å². The van der Waals surface area contributed by atoms with Gasteiger partial charge in [0, 0.05) is 5.70 Å². The standard InChI is InChI=1S/C20H17F3N2O2S/c1-10-4-6-13(9-15(10)22)25-11(2)17(19(26)27-3)18(24-20(25)28)12-5-7-14(21)16(23)8-12/h4-9,18H,1-3H3,(H,24,28)/t18-/m1/s1. The highest BCUT2D eigenvalue weighted by Crippen LogP contribution is 2.35. The van der Waals surface area contributed by atoms with E-state index in [0.29, 0.717) is 22.5 Å². The van der Waals surface area contributed by atoms with Gasteiger partial charge in [-0.2, -0.15) is 0 Å². The first-order chi connectivity index (χ1) is 13.2. The molecule has 0 fully saturated rings. The van der Waals surface area contributed by atoms with Crippen LogP contribution in [0.2, 0.25) is 0 Å². The van der Waals surface area contributed by atoms with Gasteiger partial charge < -0.3 is 10.1 Å². The maximum absolute atomic E-state index is 14.1. The van der Waals surface area contributed by atoms with E-state index < -0.39 is 29.5 Å². The molecule has 146 valence electrons. The zero-order valence-electron chi connectivity index (χ0n) is 15.3. The normalized spacial score (nSPS) is 16.9. The SMILES string of the molecule is COC(=O)C1=C(C)N(c2ccc(C)c(F)c2)C(=S)N[C@@H]1c1ccc(F)c(F)c1. The Bertz CT molecular complexity index is 1010. The van der Waals surface area contributed by atoms with Crippen LogP contribution in [0.1, 0.15) is 24.1 Å². The highest BCUT2D eigenvalue weighted by Gasteiger charge is 2.35. The molecule has 1 aliphatic rings. The number of hydrogen-bond donors (Lipinski definition) is 1. The van der Waals surface area contributed by atoms with Gasteiger partial charge in [-0.25, -0.2) is 18.0 Å². The molecule has 8 heteroatoms. The van der Waals surface area contributed by atoms with Crippen molar-refractivity contribution >= 4 is 29.0 Å². The van der Waals surface area contributed by atoms with E-state index >= 15 is 0 Å². The summed E-state index contributed by atoms with van der Waals surface area (Å²) in [5.74, 6) is -3.13. The number of nitrogens with zero attached hydrogens (tertiary/aromatic N) is 1. The number of rotatable bonds is 3. The number of hydrogen-bond acceptors (Lipinski definition) is 3. The first-order valence-corrected chi connectivity index (χ1v) is 8.76. The molecule has 28 heavy (non-hydrogen) atoms. The second-order valence-electron chi connectivity index (χ2n) is 6.32. The van der Waals surface area contributed by atoms with E-state index in [1.165, 1.54) is 24.1 Å². The van der Waals surface area contributed by atoms with Crippen molar-refractivity contribution in [3.05, 3.63) is 76.2 Å². The summed E-state index contributed by atoms with van der Waals surface area (Å²) in [6, 6.07) is 7.05. The van der Waals surface area contributed by atoms with E-state index in [4.69, 9.17) is 17.0 Å². The number of thiocarbonyl (C=S) groups is 1. The van der Waals surface area contributed by atoms with E-state index in [0.717, 1.165) is 12.1 Å². The van der Waals surface area contributed by atoms with Gasteiger partial charge in [0.05, 0.1) is 24.4 Å². The number of benzene rings is 2.